The Balaban J connectivity index is 1.42. The smallest absolute Gasteiger partial charge is 0.427 e. The van der Waals surface area contributed by atoms with E-state index in [1.807, 2.05) is 26.8 Å². The second-order valence-electron chi connectivity index (χ2n) is 8.08. The van der Waals surface area contributed by atoms with Gasteiger partial charge in [-0.25, -0.2) is 4.79 Å². The van der Waals surface area contributed by atoms with Crippen molar-refractivity contribution in [3.05, 3.63) is 35.9 Å². The van der Waals surface area contributed by atoms with Crippen LogP contribution in [-0.4, -0.2) is 41.2 Å². The molecule has 0 unspecified atom stereocenters. The number of aryl methyl sites for hydroxylation is 1. The van der Waals surface area contributed by atoms with Crippen LogP contribution in [0.3, 0.4) is 0 Å². The number of rotatable bonds is 4. The molecule has 142 valence electrons. The number of benzene rings is 1. The zero-order chi connectivity index (χ0) is 18.6. The van der Waals surface area contributed by atoms with Gasteiger partial charge in [0.15, 0.2) is 0 Å². The fraction of sp³-hybridized carbons (Fsp3) is 0.600. The Bertz CT molecular complexity index is 644. The number of oxime groups is 1. The van der Waals surface area contributed by atoms with Crippen LogP contribution in [0.1, 0.15) is 52.0 Å². The van der Waals surface area contributed by atoms with Gasteiger partial charge in [-0.3, -0.25) is 0 Å². The van der Waals surface area contributed by atoms with E-state index in [1.54, 1.807) is 5.06 Å². The van der Waals surface area contributed by atoms with E-state index in [9.17, 15) is 4.79 Å². The molecule has 2 heterocycles. The topological polar surface area (TPSA) is 60.4 Å². The quantitative estimate of drug-likeness (QED) is 0.757. The van der Waals surface area contributed by atoms with Gasteiger partial charge in [-0.15, -0.1) is 5.06 Å². The SMILES string of the molecule is CC(C)(C)OC(=O)ON1CCC2(CC1)CC(CCc1ccccc1)=NO2. The van der Waals surface area contributed by atoms with E-state index in [4.69, 9.17) is 14.4 Å². The summed E-state index contributed by atoms with van der Waals surface area (Å²) in [6.45, 7) is 6.71. The van der Waals surface area contributed by atoms with Crippen LogP contribution in [0.4, 0.5) is 4.79 Å². The van der Waals surface area contributed by atoms with Crippen LogP contribution in [0, 0.1) is 0 Å². The maximum absolute atomic E-state index is 11.8. The minimum Gasteiger partial charge on any atom is -0.427 e. The number of carbonyl (C=O) groups is 1. The van der Waals surface area contributed by atoms with Crippen molar-refractivity contribution in [3.8, 4) is 0 Å². The molecule has 3 rings (SSSR count). The summed E-state index contributed by atoms with van der Waals surface area (Å²) in [4.78, 5) is 22.9. The van der Waals surface area contributed by atoms with Crippen molar-refractivity contribution < 1.29 is 19.2 Å². The highest BCUT2D eigenvalue weighted by Gasteiger charge is 2.42. The highest BCUT2D eigenvalue weighted by atomic mass is 16.8. The molecule has 0 N–H and O–H groups in total. The molecule has 0 radical (unpaired) electrons. The Morgan fingerprint density at radius 2 is 1.88 bits per heavy atom. The van der Waals surface area contributed by atoms with Gasteiger partial charge in [-0.2, -0.15) is 0 Å². The van der Waals surface area contributed by atoms with Crippen molar-refractivity contribution in [1.29, 1.82) is 0 Å². The van der Waals surface area contributed by atoms with Gasteiger partial charge in [0.25, 0.3) is 0 Å². The summed E-state index contributed by atoms with van der Waals surface area (Å²) < 4.78 is 5.19. The first kappa shape index (κ1) is 18.7. The molecule has 2 aliphatic heterocycles. The van der Waals surface area contributed by atoms with Gasteiger partial charge in [0.05, 0.1) is 5.71 Å². The summed E-state index contributed by atoms with van der Waals surface area (Å²) in [5, 5.41) is 5.99. The van der Waals surface area contributed by atoms with Gasteiger partial charge in [0.2, 0.25) is 0 Å². The molecule has 0 amide bonds. The van der Waals surface area contributed by atoms with Crippen molar-refractivity contribution in [2.75, 3.05) is 13.1 Å². The van der Waals surface area contributed by atoms with Crippen molar-refractivity contribution >= 4 is 11.9 Å². The molecule has 0 atom stereocenters. The molecule has 6 heteroatoms. The van der Waals surface area contributed by atoms with Crippen molar-refractivity contribution in [2.24, 2.45) is 5.16 Å². The molecule has 0 bridgehead atoms. The normalized spacial score (nSPS) is 19.7. The zero-order valence-corrected chi connectivity index (χ0v) is 15.9. The molecule has 0 saturated carbocycles. The lowest BCUT2D eigenvalue weighted by Gasteiger charge is -2.36. The minimum atomic E-state index is -0.652. The van der Waals surface area contributed by atoms with Crippen LogP contribution in [0.15, 0.2) is 35.5 Å². The first-order chi connectivity index (χ1) is 12.3. The fourth-order valence-electron chi connectivity index (χ4n) is 3.29. The van der Waals surface area contributed by atoms with Crippen molar-refractivity contribution in [3.63, 3.8) is 0 Å². The number of piperidine rings is 1. The molecule has 1 fully saturated rings. The summed E-state index contributed by atoms with van der Waals surface area (Å²) in [6, 6.07) is 10.4. The van der Waals surface area contributed by atoms with Crippen molar-refractivity contribution in [1.82, 2.24) is 5.06 Å². The Kier molecular flexibility index (Phi) is 5.51. The maximum atomic E-state index is 11.8. The molecule has 1 aromatic rings. The maximum Gasteiger partial charge on any atom is 0.528 e. The van der Waals surface area contributed by atoms with Gasteiger partial charge >= 0.3 is 6.16 Å². The average Bonchev–Trinajstić information content (AvgIpc) is 2.98. The summed E-state index contributed by atoms with van der Waals surface area (Å²) in [5.41, 5.74) is 1.65. The number of hydrogen-bond donors (Lipinski definition) is 0. The predicted octanol–water partition coefficient (Wildman–Crippen LogP) is 4.10. The number of hydrogen-bond acceptors (Lipinski definition) is 6. The van der Waals surface area contributed by atoms with Gasteiger partial charge in [-0.1, -0.05) is 35.5 Å². The summed E-state index contributed by atoms with van der Waals surface area (Å²) >= 11 is 0. The highest BCUT2D eigenvalue weighted by Crippen LogP contribution is 2.35. The van der Waals surface area contributed by atoms with E-state index < -0.39 is 11.8 Å². The Labute approximate surface area is 155 Å². The molecule has 1 saturated heterocycles. The number of ether oxygens (including phenoxy) is 1. The van der Waals surface area contributed by atoms with E-state index in [-0.39, 0.29) is 5.60 Å². The fourth-order valence-corrected chi connectivity index (χ4v) is 3.29. The van der Waals surface area contributed by atoms with E-state index in [2.05, 4.69) is 29.4 Å². The van der Waals surface area contributed by atoms with Gasteiger partial charge in [-0.05, 0) is 39.2 Å². The zero-order valence-electron chi connectivity index (χ0n) is 15.9. The average molecular weight is 360 g/mol. The van der Waals surface area contributed by atoms with Gasteiger partial charge < -0.3 is 14.4 Å². The molecule has 26 heavy (non-hydrogen) atoms. The third kappa shape index (κ3) is 5.21. The van der Waals surface area contributed by atoms with Crippen LogP contribution in [0.25, 0.3) is 0 Å². The Hall–Kier alpha value is -2.08. The Morgan fingerprint density at radius 1 is 1.19 bits per heavy atom. The largest absolute Gasteiger partial charge is 0.528 e. The van der Waals surface area contributed by atoms with Crippen LogP contribution in [0.2, 0.25) is 0 Å². The number of carbonyl (C=O) groups excluding carboxylic acids is 1. The summed E-state index contributed by atoms with van der Waals surface area (Å²) in [5.74, 6) is 0. The standard InChI is InChI=1S/C20H28N2O4/c1-19(2,3)24-18(23)25-22-13-11-20(12-14-22)15-17(21-26-20)10-9-16-7-5-4-6-8-16/h4-8H,9-15H2,1-3H3. The molecule has 1 aromatic carbocycles. The molecule has 6 nitrogen and oxygen atoms in total. The molecular weight excluding hydrogens is 332 g/mol. The first-order valence-electron chi connectivity index (χ1n) is 9.27. The van der Waals surface area contributed by atoms with Crippen LogP contribution >= 0.6 is 0 Å². The van der Waals surface area contributed by atoms with E-state index in [0.29, 0.717) is 13.1 Å². The predicted molar refractivity (Wildman–Crippen MR) is 98.8 cm³/mol. The highest BCUT2D eigenvalue weighted by molar-refractivity contribution is 5.86. The third-order valence-corrected chi connectivity index (χ3v) is 4.67. The lowest BCUT2D eigenvalue weighted by atomic mass is 9.86. The van der Waals surface area contributed by atoms with Crippen LogP contribution in [-0.2, 0) is 20.8 Å². The van der Waals surface area contributed by atoms with Crippen molar-refractivity contribution in [2.45, 2.75) is 64.1 Å². The lowest BCUT2D eigenvalue weighted by Crippen LogP contribution is -2.45. The van der Waals surface area contributed by atoms with E-state index >= 15 is 0 Å². The summed E-state index contributed by atoms with van der Waals surface area (Å²) in [7, 11) is 0. The molecule has 2 aliphatic rings. The third-order valence-electron chi connectivity index (χ3n) is 4.67. The second-order valence-corrected chi connectivity index (χ2v) is 8.08. The first-order valence-corrected chi connectivity index (χ1v) is 9.27. The molecule has 0 aromatic heterocycles. The lowest BCUT2D eigenvalue weighted by molar-refractivity contribution is -0.180. The van der Waals surface area contributed by atoms with Gasteiger partial charge in [0.1, 0.15) is 11.2 Å². The molecule has 0 aliphatic carbocycles. The number of nitrogens with zero attached hydrogens (tertiary/aromatic N) is 2. The minimum absolute atomic E-state index is 0.236. The Morgan fingerprint density at radius 3 is 2.54 bits per heavy atom. The van der Waals surface area contributed by atoms with Gasteiger partial charge in [0, 0.05) is 32.4 Å². The van der Waals surface area contributed by atoms with E-state index in [1.165, 1.54) is 5.56 Å². The molecular formula is C20H28N2O4. The molecule has 1 spiro atoms. The monoisotopic (exact) mass is 360 g/mol. The van der Waals surface area contributed by atoms with Crippen LogP contribution < -0.4 is 0 Å². The summed E-state index contributed by atoms with van der Waals surface area (Å²) in [6.07, 6.45) is 3.68. The van der Waals surface area contributed by atoms with E-state index in [0.717, 1.165) is 37.8 Å². The second kappa shape index (κ2) is 7.66. The number of hydroxylamine groups is 2. The van der Waals surface area contributed by atoms with Crippen LogP contribution in [0.5, 0.6) is 0 Å².